The minimum Gasteiger partial charge on any atom is -0.497 e. The number of amides is 2. The number of aryl methyl sites for hydroxylation is 1. The highest BCUT2D eigenvalue weighted by atomic mass is 32.2. The number of H-pyrrole nitrogens is 1. The first-order chi connectivity index (χ1) is 24.7. The molecule has 1 aliphatic rings. The summed E-state index contributed by atoms with van der Waals surface area (Å²) in [6.45, 7) is 3.67. The van der Waals surface area contributed by atoms with Gasteiger partial charge in [-0.05, 0) is 92.7 Å². The van der Waals surface area contributed by atoms with E-state index < -0.39 is 18.0 Å². The first kappa shape index (κ1) is 38.1. The standard InChI is InChI=1S/C40H52N6O4S/c1-26-32(31-13-5-6-14-33(31)45-26)23-35-39(48)44-25-29-21-30(50-3)17-18-38(29)51-37-16-7-4-12-28(37)24-43-34(15-10-20-42)36(47)22-27(11-8-9-19-41)40(49)46(35)2/h4-7,12-14,16-18,21,27,34-35,43,45H,8-11,15,19-20,22-25,41-42H2,1-3H3,(H,44,48)/t27-,34+,35+/m1/s1. The van der Waals surface area contributed by atoms with Crippen LogP contribution in [0.4, 0.5) is 0 Å². The summed E-state index contributed by atoms with van der Waals surface area (Å²) >= 11 is 1.61. The van der Waals surface area contributed by atoms with Crippen LogP contribution in [-0.4, -0.2) is 66.8 Å². The molecule has 5 rings (SSSR count). The van der Waals surface area contributed by atoms with Crippen LogP contribution in [0.1, 0.15) is 60.9 Å². The molecule has 0 bridgehead atoms. The number of nitrogens with two attached hydrogens (primary N) is 2. The molecule has 1 aliphatic heterocycles. The Kier molecular flexibility index (Phi) is 13.7. The van der Waals surface area contributed by atoms with E-state index in [0.717, 1.165) is 49.5 Å². The van der Waals surface area contributed by atoms with Gasteiger partial charge in [0.1, 0.15) is 11.8 Å². The summed E-state index contributed by atoms with van der Waals surface area (Å²) < 4.78 is 5.58. The van der Waals surface area contributed by atoms with Gasteiger partial charge in [-0.1, -0.05) is 54.6 Å². The van der Waals surface area contributed by atoms with E-state index in [0.29, 0.717) is 57.5 Å². The lowest BCUT2D eigenvalue weighted by Gasteiger charge is -2.31. The van der Waals surface area contributed by atoms with Crippen LogP contribution in [0.3, 0.4) is 0 Å². The topological polar surface area (TPSA) is 156 Å². The van der Waals surface area contributed by atoms with Gasteiger partial charge in [0.25, 0.3) is 0 Å². The van der Waals surface area contributed by atoms with Crippen molar-refractivity contribution in [1.82, 2.24) is 20.5 Å². The number of carbonyl (C=O) groups is 3. The molecule has 4 aromatic rings. The molecule has 10 nitrogen and oxygen atoms in total. The van der Waals surface area contributed by atoms with Crippen molar-refractivity contribution in [2.24, 2.45) is 17.4 Å². The van der Waals surface area contributed by atoms with Crippen molar-refractivity contribution in [3.8, 4) is 5.75 Å². The van der Waals surface area contributed by atoms with Crippen LogP contribution in [0.5, 0.6) is 5.75 Å². The lowest BCUT2D eigenvalue weighted by molar-refractivity contribution is -0.143. The van der Waals surface area contributed by atoms with Crippen LogP contribution in [-0.2, 0) is 33.9 Å². The molecule has 0 saturated heterocycles. The van der Waals surface area contributed by atoms with Crippen LogP contribution in [0, 0.1) is 12.8 Å². The highest BCUT2D eigenvalue weighted by Gasteiger charge is 2.34. The first-order valence-electron chi connectivity index (χ1n) is 17.9. The number of Topliss-reactive ketones (excluding diaryl/α,β-unsaturated/α-hetero) is 1. The molecule has 0 aliphatic carbocycles. The lowest BCUT2D eigenvalue weighted by atomic mass is 9.90. The van der Waals surface area contributed by atoms with Gasteiger partial charge in [-0.25, -0.2) is 0 Å². The molecule has 0 radical (unpaired) electrons. The number of hydrogen-bond donors (Lipinski definition) is 5. The number of benzene rings is 3. The van der Waals surface area contributed by atoms with Crippen LogP contribution >= 0.6 is 11.8 Å². The van der Waals surface area contributed by atoms with Gasteiger partial charge in [0.15, 0.2) is 5.78 Å². The van der Waals surface area contributed by atoms with Crippen molar-refractivity contribution in [2.75, 3.05) is 27.2 Å². The minimum atomic E-state index is -0.827. The summed E-state index contributed by atoms with van der Waals surface area (Å²) in [6.07, 6.45) is 3.57. The van der Waals surface area contributed by atoms with Crippen molar-refractivity contribution in [3.05, 3.63) is 89.1 Å². The van der Waals surface area contributed by atoms with Gasteiger partial charge in [0.05, 0.1) is 13.2 Å². The van der Waals surface area contributed by atoms with Gasteiger partial charge < -0.3 is 36.7 Å². The number of para-hydroxylation sites is 1. The van der Waals surface area contributed by atoms with E-state index in [2.05, 4.69) is 27.8 Å². The van der Waals surface area contributed by atoms with E-state index in [1.807, 2.05) is 61.5 Å². The van der Waals surface area contributed by atoms with Crippen LogP contribution in [0.2, 0.25) is 0 Å². The smallest absolute Gasteiger partial charge is 0.243 e. The fourth-order valence-electron chi connectivity index (χ4n) is 6.89. The molecule has 51 heavy (non-hydrogen) atoms. The zero-order valence-electron chi connectivity index (χ0n) is 30.0. The van der Waals surface area contributed by atoms with E-state index in [1.54, 1.807) is 30.8 Å². The van der Waals surface area contributed by atoms with E-state index in [-0.39, 0.29) is 30.6 Å². The Bertz CT molecular complexity index is 1810. The average molecular weight is 713 g/mol. The summed E-state index contributed by atoms with van der Waals surface area (Å²) in [4.78, 5) is 50.0. The van der Waals surface area contributed by atoms with E-state index in [4.69, 9.17) is 16.2 Å². The molecule has 2 amide bonds. The van der Waals surface area contributed by atoms with Crippen molar-refractivity contribution in [3.63, 3.8) is 0 Å². The van der Waals surface area contributed by atoms with Crippen LogP contribution < -0.4 is 26.8 Å². The number of nitrogens with zero attached hydrogens (tertiary/aromatic N) is 1. The molecule has 1 aromatic heterocycles. The second-order valence-electron chi connectivity index (χ2n) is 13.4. The monoisotopic (exact) mass is 712 g/mol. The number of fused-ring (bicyclic) bond motifs is 3. The Morgan fingerprint density at radius 1 is 0.882 bits per heavy atom. The van der Waals surface area contributed by atoms with Crippen LogP contribution in [0.25, 0.3) is 10.9 Å². The number of hydrogen-bond acceptors (Lipinski definition) is 8. The molecule has 272 valence electrons. The number of unbranched alkanes of at least 4 members (excludes halogenated alkanes) is 1. The molecule has 0 saturated carbocycles. The predicted molar refractivity (Wildman–Crippen MR) is 204 cm³/mol. The maximum Gasteiger partial charge on any atom is 0.243 e. The third-order valence-electron chi connectivity index (χ3n) is 9.88. The van der Waals surface area contributed by atoms with Gasteiger partial charge in [-0.2, -0.15) is 0 Å². The zero-order valence-corrected chi connectivity index (χ0v) is 30.8. The highest BCUT2D eigenvalue weighted by Crippen LogP contribution is 2.35. The molecule has 7 N–H and O–H groups in total. The fourth-order valence-corrected chi connectivity index (χ4v) is 7.94. The summed E-state index contributed by atoms with van der Waals surface area (Å²) in [6, 6.07) is 20.7. The summed E-state index contributed by atoms with van der Waals surface area (Å²) in [7, 11) is 3.32. The molecule has 0 unspecified atom stereocenters. The van der Waals surface area contributed by atoms with Crippen molar-refractivity contribution >= 4 is 40.3 Å². The van der Waals surface area contributed by atoms with Gasteiger partial charge in [0, 0.05) is 65.3 Å². The normalized spacial score (nSPS) is 19.4. The molecule has 3 aromatic carbocycles. The Hall–Kier alpha value is -4.16. The largest absolute Gasteiger partial charge is 0.497 e. The number of aromatic amines is 1. The Morgan fingerprint density at radius 3 is 2.41 bits per heavy atom. The summed E-state index contributed by atoms with van der Waals surface area (Å²) in [5.41, 5.74) is 16.6. The number of methoxy groups -OCH3 is 1. The minimum absolute atomic E-state index is 0.0247. The first-order valence-corrected chi connectivity index (χ1v) is 18.7. The Labute approximate surface area is 305 Å². The van der Waals surface area contributed by atoms with Gasteiger partial charge in [-0.3, -0.25) is 14.4 Å². The van der Waals surface area contributed by atoms with Gasteiger partial charge in [-0.15, -0.1) is 0 Å². The molecule has 0 fully saturated rings. The van der Waals surface area contributed by atoms with Gasteiger partial charge in [0.2, 0.25) is 11.8 Å². The summed E-state index contributed by atoms with van der Waals surface area (Å²) in [5.74, 6) is -0.428. The molecule has 3 atom stereocenters. The quantitative estimate of drug-likeness (QED) is 0.140. The number of rotatable bonds is 10. The van der Waals surface area contributed by atoms with Gasteiger partial charge >= 0.3 is 0 Å². The van der Waals surface area contributed by atoms with Crippen molar-refractivity contribution < 1.29 is 19.1 Å². The molecule has 2 heterocycles. The third kappa shape index (κ3) is 9.59. The third-order valence-corrected chi connectivity index (χ3v) is 11.1. The molecular formula is C40H52N6O4S. The lowest BCUT2D eigenvalue weighted by Crippen LogP contribution is -2.51. The zero-order chi connectivity index (χ0) is 36.3. The second-order valence-corrected chi connectivity index (χ2v) is 14.4. The SMILES string of the molecule is COc1ccc2c(c1)CNC(=O)[C@H](Cc1c(C)[nH]c3ccccc13)N(C)C(=O)[C@H](CCCCN)CC(=O)[C@H](CCCN)NCc1ccccc1S2. The predicted octanol–water partition coefficient (Wildman–Crippen LogP) is 5.24. The number of ether oxygens (including phenoxy) is 1. The Balaban J connectivity index is 1.58. The fraction of sp³-hybridized carbons (Fsp3) is 0.425. The van der Waals surface area contributed by atoms with Crippen molar-refractivity contribution in [2.45, 2.75) is 86.8 Å². The maximum absolute atomic E-state index is 14.5. The maximum atomic E-state index is 14.5. The van der Waals surface area contributed by atoms with E-state index in [9.17, 15) is 14.4 Å². The number of carbonyl (C=O) groups excluding carboxylic acids is 3. The summed E-state index contributed by atoms with van der Waals surface area (Å²) in [5, 5.41) is 7.72. The molecular weight excluding hydrogens is 661 g/mol. The number of aromatic nitrogens is 1. The van der Waals surface area contributed by atoms with E-state index >= 15 is 0 Å². The molecule has 0 spiro atoms. The average Bonchev–Trinajstić information content (AvgIpc) is 3.46. The van der Waals surface area contributed by atoms with Crippen molar-refractivity contribution in [1.29, 1.82) is 0 Å². The molecule has 11 heteroatoms. The van der Waals surface area contributed by atoms with E-state index in [1.165, 1.54) is 0 Å². The van der Waals surface area contributed by atoms with Crippen LogP contribution in [0.15, 0.2) is 76.5 Å². The highest BCUT2D eigenvalue weighted by molar-refractivity contribution is 7.99. The number of likely N-dealkylation sites (N-methyl/N-ethyl adjacent to an activating group) is 1. The number of nitrogens with one attached hydrogen (secondary N) is 3. The Morgan fingerprint density at radius 2 is 1.63 bits per heavy atom. The number of ketones is 1. The second kappa shape index (κ2) is 18.4.